The number of benzene rings is 2. The Hall–Kier alpha value is -0.640. The van der Waals surface area contributed by atoms with Gasteiger partial charge in [0.15, 0.2) is 0 Å². The Labute approximate surface area is 131 Å². The van der Waals surface area contributed by atoms with Crippen molar-refractivity contribution in [2.75, 3.05) is 0 Å². The van der Waals surface area contributed by atoms with Crippen LogP contribution in [0.1, 0.15) is 29.7 Å². The summed E-state index contributed by atoms with van der Waals surface area (Å²) in [5.74, 6) is 0. The highest BCUT2D eigenvalue weighted by Crippen LogP contribution is 2.20. The summed E-state index contributed by atoms with van der Waals surface area (Å²) in [6.45, 7) is 5.18. The Morgan fingerprint density at radius 2 is 1.89 bits per heavy atom. The first-order valence-corrected chi connectivity index (χ1v) is 7.89. The van der Waals surface area contributed by atoms with Crippen molar-refractivity contribution in [2.45, 2.75) is 26.4 Å². The molecule has 0 aliphatic carbocycles. The zero-order valence-corrected chi connectivity index (χ0v) is 14.3. The van der Waals surface area contributed by atoms with Crippen LogP contribution >= 0.6 is 31.9 Å². The normalized spacial score (nSPS) is 12.4. The first kappa shape index (κ1) is 14.8. The molecule has 0 bridgehead atoms. The van der Waals surface area contributed by atoms with Gasteiger partial charge in [0.25, 0.3) is 0 Å². The van der Waals surface area contributed by atoms with Crippen LogP contribution in [0.15, 0.2) is 51.4 Å². The van der Waals surface area contributed by atoms with Gasteiger partial charge in [-0.05, 0) is 48.7 Å². The minimum absolute atomic E-state index is 0.335. The van der Waals surface area contributed by atoms with Gasteiger partial charge in [0, 0.05) is 21.5 Å². The van der Waals surface area contributed by atoms with Crippen molar-refractivity contribution in [1.82, 2.24) is 5.32 Å². The van der Waals surface area contributed by atoms with Crippen molar-refractivity contribution >= 4 is 31.9 Å². The monoisotopic (exact) mass is 381 g/mol. The molecular formula is C16H17Br2N. The molecule has 0 aliphatic heterocycles. The Morgan fingerprint density at radius 3 is 2.58 bits per heavy atom. The third-order valence-corrected chi connectivity index (χ3v) is 4.57. The summed E-state index contributed by atoms with van der Waals surface area (Å²) in [5.41, 5.74) is 3.88. The van der Waals surface area contributed by atoms with Crippen LogP contribution in [0.5, 0.6) is 0 Å². The van der Waals surface area contributed by atoms with Gasteiger partial charge in [0.05, 0.1) is 0 Å². The maximum atomic E-state index is 3.55. The van der Waals surface area contributed by atoms with Gasteiger partial charge in [-0.25, -0.2) is 0 Å². The molecule has 0 saturated heterocycles. The van der Waals surface area contributed by atoms with E-state index in [1.807, 2.05) is 6.07 Å². The van der Waals surface area contributed by atoms with Crippen LogP contribution in [0.3, 0.4) is 0 Å². The highest BCUT2D eigenvalue weighted by atomic mass is 79.9. The first-order valence-electron chi connectivity index (χ1n) is 6.30. The third-order valence-electron chi connectivity index (χ3n) is 3.18. The SMILES string of the molecule is Cc1cc(CNC(C)c2cccc(Br)c2)ccc1Br. The predicted octanol–water partition coefficient (Wildman–Crippen LogP) is 5.37. The third kappa shape index (κ3) is 4.16. The summed E-state index contributed by atoms with van der Waals surface area (Å²) >= 11 is 7.04. The maximum Gasteiger partial charge on any atom is 0.0295 e. The van der Waals surface area contributed by atoms with Gasteiger partial charge in [-0.2, -0.15) is 0 Å². The standard InChI is InChI=1S/C16H17Br2N/c1-11-8-13(6-7-16(11)18)10-19-12(2)14-4-3-5-15(17)9-14/h3-9,12,19H,10H2,1-2H3. The summed E-state index contributed by atoms with van der Waals surface area (Å²) < 4.78 is 2.29. The number of halogens is 2. The Balaban J connectivity index is 2.00. The fraction of sp³-hybridized carbons (Fsp3) is 0.250. The molecule has 2 aromatic rings. The van der Waals surface area contributed by atoms with E-state index in [1.165, 1.54) is 16.7 Å². The summed E-state index contributed by atoms with van der Waals surface area (Å²) in [7, 11) is 0. The molecule has 0 aliphatic rings. The van der Waals surface area contributed by atoms with Crippen LogP contribution in [-0.4, -0.2) is 0 Å². The molecule has 3 heteroatoms. The van der Waals surface area contributed by atoms with Crippen LogP contribution in [0.25, 0.3) is 0 Å². The molecule has 2 rings (SSSR count). The van der Waals surface area contributed by atoms with Crippen molar-refractivity contribution < 1.29 is 0 Å². The molecule has 0 heterocycles. The van der Waals surface area contributed by atoms with E-state index in [9.17, 15) is 0 Å². The number of hydrogen-bond donors (Lipinski definition) is 1. The van der Waals surface area contributed by atoms with Gasteiger partial charge >= 0.3 is 0 Å². The molecule has 2 aromatic carbocycles. The highest BCUT2D eigenvalue weighted by molar-refractivity contribution is 9.10. The molecule has 1 unspecified atom stereocenters. The average molecular weight is 383 g/mol. The van der Waals surface area contributed by atoms with Gasteiger partial charge in [-0.3, -0.25) is 0 Å². The van der Waals surface area contributed by atoms with E-state index < -0.39 is 0 Å². The number of rotatable bonds is 4. The molecule has 1 atom stereocenters. The quantitative estimate of drug-likeness (QED) is 0.749. The van der Waals surface area contributed by atoms with Crippen LogP contribution in [0.4, 0.5) is 0 Å². The van der Waals surface area contributed by atoms with E-state index in [0.29, 0.717) is 6.04 Å². The molecule has 0 fully saturated rings. The minimum Gasteiger partial charge on any atom is -0.306 e. The lowest BCUT2D eigenvalue weighted by Crippen LogP contribution is -2.18. The molecule has 0 radical (unpaired) electrons. The molecule has 1 N–H and O–H groups in total. The van der Waals surface area contributed by atoms with E-state index in [2.05, 4.69) is 87.4 Å². The lowest BCUT2D eigenvalue weighted by Gasteiger charge is -2.15. The number of nitrogens with one attached hydrogen (secondary N) is 1. The molecular weight excluding hydrogens is 366 g/mol. The Morgan fingerprint density at radius 1 is 1.11 bits per heavy atom. The number of hydrogen-bond acceptors (Lipinski definition) is 1. The van der Waals surface area contributed by atoms with E-state index in [4.69, 9.17) is 0 Å². The predicted molar refractivity (Wildman–Crippen MR) is 88.3 cm³/mol. The minimum atomic E-state index is 0.335. The molecule has 0 amide bonds. The molecule has 1 nitrogen and oxygen atoms in total. The summed E-state index contributed by atoms with van der Waals surface area (Å²) in [5, 5.41) is 3.55. The van der Waals surface area contributed by atoms with Crippen LogP contribution in [0.2, 0.25) is 0 Å². The van der Waals surface area contributed by atoms with Crippen molar-refractivity contribution in [3.8, 4) is 0 Å². The average Bonchev–Trinajstić information content (AvgIpc) is 2.40. The molecule has 100 valence electrons. The van der Waals surface area contributed by atoms with Crippen LogP contribution < -0.4 is 5.32 Å². The molecule has 0 aromatic heterocycles. The fourth-order valence-corrected chi connectivity index (χ4v) is 2.65. The molecule has 0 spiro atoms. The topological polar surface area (TPSA) is 12.0 Å². The van der Waals surface area contributed by atoms with Crippen molar-refractivity contribution in [1.29, 1.82) is 0 Å². The molecule has 19 heavy (non-hydrogen) atoms. The fourth-order valence-electron chi connectivity index (χ4n) is 1.98. The van der Waals surface area contributed by atoms with Gasteiger partial charge in [0.1, 0.15) is 0 Å². The van der Waals surface area contributed by atoms with Gasteiger partial charge in [-0.1, -0.05) is 56.1 Å². The van der Waals surface area contributed by atoms with Crippen molar-refractivity contribution in [3.63, 3.8) is 0 Å². The summed E-state index contributed by atoms with van der Waals surface area (Å²) in [6, 6.07) is 15.2. The van der Waals surface area contributed by atoms with Gasteiger partial charge in [0.2, 0.25) is 0 Å². The van der Waals surface area contributed by atoms with Crippen molar-refractivity contribution in [2.24, 2.45) is 0 Å². The second-order valence-electron chi connectivity index (χ2n) is 4.74. The number of aryl methyl sites for hydroxylation is 1. The Kier molecular flexibility index (Phi) is 5.20. The smallest absolute Gasteiger partial charge is 0.0295 e. The lowest BCUT2D eigenvalue weighted by atomic mass is 10.1. The maximum absolute atomic E-state index is 3.55. The van der Waals surface area contributed by atoms with Gasteiger partial charge in [-0.15, -0.1) is 0 Å². The summed E-state index contributed by atoms with van der Waals surface area (Å²) in [6.07, 6.45) is 0. The second kappa shape index (κ2) is 6.69. The Bertz CT molecular complexity index is 566. The van der Waals surface area contributed by atoms with Crippen LogP contribution in [0, 0.1) is 6.92 Å². The zero-order chi connectivity index (χ0) is 13.8. The largest absolute Gasteiger partial charge is 0.306 e. The van der Waals surface area contributed by atoms with E-state index in [1.54, 1.807) is 0 Å². The first-order chi connectivity index (χ1) is 9.06. The van der Waals surface area contributed by atoms with Crippen LogP contribution in [-0.2, 0) is 6.54 Å². The van der Waals surface area contributed by atoms with E-state index in [-0.39, 0.29) is 0 Å². The highest BCUT2D eigenvalue weighted by Gasteiger charge is 2.05. The van der Waals surface area contributed by atoms with E-state index in [0.717, 1.165) is 15.5 Å². The van der Waals surface area contributed by atoms with Gasteiger partial charge < -0.3 is 5.32 Å². The van der Waals surface area contributed by atoms with E-state index >= 15 is 0 Å². The lowest BCUT2D eigenvalue weighted by molar-refractivity contribution is 0.574. The molecule has 0 saturated carbocycles. The summed E-state index contributed by atoms with van der Waals surface area (Å²) in [4.78, 5) is 0. The zero-order valence-electron chi connectivity index (χ0n) is 11.1. The van der Waals surface area contributed by atoms with Crippen molar-refractivity contribution in [3.05, 3.63) is 68.1 Å². The second-order valence-corrected chi connectivity index (χ2v) is 6.51.